The van der Waals surface area contributed by atoms with Gasteiger partial charge in [-0.3, -0.25) is 10.1 Å². The maximum Gasteiger partial charge on any atom is 0.324 e. The van der Waals surface area contributed by atoms with Crippen LogP contribution in [0.1, 0.15) is 19.4 Å². The van der Waals surface area contributed by atoms with E-state index in [0.29, 0.717) is 12.1 Å². The summed E-state index contributed by atoms with van der Waals surface area (Å²) in [5, 5.41) is 21.4. The highest BCUT2D eigenvalue weighted by Crippen LogP contribution is 2.15. The molecule has 1 atom stereocenters. The van der Waals surface area contributed by atoms with Crippen LogP contribution in [0, 0.1) is 0 Å². The van der Waals surface area contributed by atoms with E-state index in [0.717, 1.165) is 5.57 Å². The van der Waals surface area contributed by atoms with Crippen LogP contribution in [-0.4, -0.2) is 22.2 Å². The van der Waals surface area contributed by atoms with Crippen molar-refractivity contribution < 1.29 is 15.0 Å². The van der Waals surface area contributed by atoms with Gasteiger partial charge >= 0.3 is 5.97 Å². The number of aliphatic carboxylic acids is 1. The van der Waals surface area contributed by atoms with Crippen molar-refractivity contribution in [2.75, 3.05) is 0 Å². The minimum absolute atomic E-state index is 0.168. The summed E-state index contributed by atoms with van der Waals surface area (Å²) in [6.45, 7) is 4.00. The van der Waals surface area contributed by atoms with E-state index in [4.69, 9.17) is 5.11 Å². The molecule has 4 nitrogen and oxygen atoms in total. The average molecular weight is 235 g/mol. The van der Waals surface area contributed by atoms with Crippen LogP contribution in [0.4, 0.5) is 0 Å². The molecule has 0 aromatic heterocycles. The molecule has 4 heteroatoms. The number of phenols is 1. The number of phenolic OH excluding ortho intramolecular Hbond substituents is 1. The summed E-state index contributed by atoms with van der Waals surface area (Å²) in [5.74, 6) is -0.761. The number of para-hydroxylation sites is 1. The van der Waals surface area contributed by atoms with E-state index >= 15 is 0 Å². The minimum Gasteiger partial charge on any atom is -0.508 e. The molecule has 0 bridgehead atoms. The molecule has 0 fully saturated rings. The second-order valence-electron chi connectivity index (χ2n) is 4.07. The Kier molecular flexibility index (Phi) is 4.72. The number of carboxylic acids is 1. The van der Waals surface area contributed by atoms with Crippen molar-refractivity contribution in [3.63, 3.8) is 0 Å². The predicted molar refractivity (Wildman–Crippen MR) is 65.8 cm³/mol. The van der Waals surface area contributed by atoms with Gasteiger partial charge in [0.25, 0.3) is 0 Å². The third-order valence-electron chi connectivity index (χ3n) is 2.27. The van der Waals surface area contributed by atoms with Gasteiger partial charge < -0.3 is 10.2 Å². The molecule has 1 aromatic rings. The van der Waals surface area contributed by atoms with E-state index in [1.54, 1.807) is 30.3 Å². The van der Waals surface area contributed by atoms with Crippen molar-refractivity contribution in [2.45, 2.75) is 26.4 Å². The maximum absolute atomic E-state index is 11.0. The van der Waals surface area contributed by atoms with Gasteiger partial charge in [0.1, 0.15) is 11.8 Å². The number of carbonyl (C=O) groups is 1. The number of aromatic hydroxyl groups is 1. The molecule has 3 N–H and O–H groups in total. The fraction of sp³-hybridized carbons (Fsp3) is 0.308. The maximum atomic E-state index is 11.0. The van der Waals surface area contributed by atoms with Crippen molar-refractivity contribution in [2.24, 2.45) is 0 Å². The molecule has 0 heterocycles. The molecule has 1 unspecified atom stereocenters. The van der Waals surface area contributed by atoms with Crippen LogP contribution in [-0.2, 0) is 11.3 Å². The van der Waals surface area contributed by atoms with Gasteiger partial charge in [-0.15, -0.1) is 0 Å². The quantitative estimate of drug-likeness (QED) is 0.682. The second-order valence-corrected chi connectivity index (χ2v) is 4.07. The first-order valence-electron chi connectivity index (χ1n) is 5.39. The van der Waals surface area contributed by atoms with Crippen LogP contribution < -0.4 is 5.32 Å². The third kappa shape index (κ3) is 4.28. The second kappa shape index (κ2) is 6.06. The average Bonchev–Trinajstić information content (AvgIpc) is 2.25. The highest BCUT2D eigenvalue weighted by atomic mass is 16.4. The van der Waals surface area contributed by atoms with E-state index in [-0.39, 0.29) is 5.75 Å². The molecule has 0 aliphatic carbocycles. The van der Waals surface area contributed by atoms with E-state index in [2.05, 4.69) is 5.32 Å². The topological polar surface area (TPSA) is 69.6 Å². The zero-order chi connectivity index (χ0) is 12.8. The van der Waals surface area contributed by atoms with Crippen molar-refractivity contribution in [3.8, 4) is 5.75 Å². The lowest BCUT2D eigenvalue weighted by Crippen LogP contribution is -2.34. The molecule has 92 valence electrons. The van der Waals surface area contributed by atoms with Gasteiger partial charge in [-0.2, -0.15) is 0 Å². The van der Waals surface area contributed by atoms with Gasteiger partial charge in [-0.25, -0.2) is 0 Å². The summed E-state index contributed by atoms with van der Waals surface area (Å²) in [7, 11) is 0. The summed E-state index contributed by atoms with van der Waals surface area (Å²) < 4.78 is 0. The van der Waals surface area contributed by atoms with Gasteiger partial charge in [0, 0.05) is 12.1 Å². The molecule has 1 aromatic carbocycles. The highest BCUT2D eigenvalue weighted by Gasteiger charge is 2.13. The Morgan fingerprint density at radius 1 is 1.41 bits per heavy atom. The molecule has 17 heavy (non-hydrogen) atoms. The molecule has 1 rings (SSSR count). The van der Waals surface area contributed by atoms with Crippen molar-refractivity contribution in [3.05, 3.63) is 41.5 Å². The van der Waals surface area contributed by atoms with Gasteiger partial charge in [-0.1, -0.05) is 29.8 Å². The van der Waals surface area contributed by atoms with E-state index < -0.39 is 12.0 Å². The molecular weight excluding hydrogens is 218 g/mol. The van der Waals surface area contributed by atoms with Gasteiger partial charge in [0.2, 0.25) is 0 Å². The third-order valence-corrected chi connectivity index (χ3v) is 2.27. The zero-order valence-electron chi connectivity index (χ0n) is 9.97. The summed E-state index contributed by atoms with van der Waals surface area (Å²) in [4.78, 5) is 11.0. The number of rotatable bonds is 5. The van der Waals surface area contributed by atoms with E-state index in [1.165, 1.54) is 0 Å². The van der Waals surface area contributed by atoms with Crippen molar-refractivity contribution in [1.29, 1.82) is 0 Å². The Morgan fingerprint density at radius 2 is 2.06 bits per heavy atom. The van der Waals surface area contributed by atoms with Gasteiger partial charge in [0.05, 0.1) is 0 Å². The first-order valence-corrected chi connectivity index (χ1v) is 5.39. The fourth-order valence-corrected chi connectivity index (χ4v) is 1.43. The Hall–Kier alpha value is -1.81. The Bertz CT molecular complexity index is 422. The molecule has 0 saturated carbocycles. The Morgan fingerprint density at radius 3 is 2.59 bits per heavy atom. The lowest BCUT2D eigenvalue weighted by molar-refractivity contribution is -0.138. The lowest BCUT2D eigenvalue weighted by atomic mass is 10.1. The fourth-order valence-electron chi connectivity index (χ4n) is 1.43. The monoisotopic (exact) mass is 235 g/mol. The van der Waals surface area contributed by atoms with Crippen molar-refractivity contribution >= 4 is 5.97 Å². The Balaban J connectivity index is 2.68. The number of nitrogens with one attached hydrogen (secondary N) is 1. The molecule has 0 amide bonds. The molecule has 0 aliphatic rings. The summed E-state index contributed by atoms with van der Waals surface area (Å²) >= 11 is 0. The largest absolute Gasteiger partial charge is 0.508 e. The summed E-state index contributed by atoms with van der Waals surface area (Å²) in [6.07, 6.45) is 1.64. The summed E-state index contributed by atoms with van der Waals surface area (Å²) in [5.41, 5.74) is 1.61. The molecule has 0 radical (unpaired) electrons. The predicted octanol–water partition coefficient (Wildman–Crippen LogP) is 1.90. The zero-order valence-corrected chi connectivity index (χ0v) is 9.97. The molecular formula is C13H17NO3. The van der Waals surface area contributed by atoms with Crippen LogP contribution in [0.5, 0.6) is 5.75 Å². The normalized spacial score (nSPS) is 11.9. The first kappa shape index (κ1) is 13.3. The molecule has 0 saturated heterocycles. The molecule has 0 aliphatic heterocycles. The number of hydrogen-bond acceptors (Lipinski definition) is 3. The van der Waals surface area contributed by atoms with E-state index in [9.17, 15) is 9.90 Å². The number of hydrogen-bond donors (Lipinski definition) is 3. The van der Waals surface area contributed by atoms with Crippen LogP contribution in [0.15, 0.2) is 35.9 Å². The van der Waals surface area contributed by atoms with Crippen LogP contribution in [0.2, 0.25) is 0 Å². The van der Waals surface area contributed by atoms with Crippen LogP contribution in [0.25, 0.3) is 0 Å². The lowest BCUT2D eigenvalue weighted by Gasteiger charge is -2.12. The number of benzene rings is 1. The van der Waals surface area contributed by atoms with Crippen molar-refractivity contribution in [1.82, 2.24) is 5.32 Å². The number of carboxylic acid groups (broad SMARTS) is 1. The first-order chi connectivity index (χ1) is 8.00. The van der Waals surface area contributed by atoms with E-state index in [1.807, 2.05) is 13.8 Å². The summed E-state index contributed by atoms with van der Waals surface area (Å²) in [6, 6.07) is 6.12. The van der Waals surface area contributed by atoms with Gasteiger partial charge in [0.15, 0.2) is 0 Å². The van der Waals surface area contributed by atoms with Crippen LogP contribution in [0.3, 0.4) is 0 Å². The molecule has 0 spiro atoms. The highest BCUT2D eigenvalue weighted by molar-refractivity contribution is 5.76. The van der Waals surface area contributed by atoms with Gasteiger partial charge in [-0.05, 0) is 19.9 Å². The number of allylic oxidation sites excluding steroid dienone is 1. The smallest absolute Gasteiger partial charge is 0.324 e. The Labute approximate surface area is 101 Å². The van der Waals surface area contributed by atoms with Crippen LogP contribution >= 0.6 is 0 Å². The minimum atomic E-state index is -0.929. The SMILES string of the molecule is CC(C)=CC(NCc1ccccc1O)C(=O)O. The standard InChI is InChI=1S/C13H17NO3/c1-9(2)7-11(13(16)17)14-8-10-5-3-4-6-12(10)15/h3-7,11,14-15H,8H2,1-2H3,(H,16,17).